The summed E-state index contributed by atoms with van der Waals surface area (Å²) in [6, 6.07) is 12.4. The number of benzene rings is 2. The number of primary amides is 1. The van der Waals surface area contributed by atoms with Crippen molar-refractivity contribution < 1.29 is 13.2 Å². The second-order valence-electron chi connectivity index (χ2n) is 4.46. The molecule has 0 fully saturated rings. The van der Waals surface area contributed by atoms with Crippen LogP contribution in [0.2, 0.25) is 0 Å². The summed E-state index contributed by atoms with van der Waals surface area (Å²) in [5.41, 5.74) is 12.3. The van der Waals surface area contributed by atoms with Gasteiger partial charge in [0.15, 0.2) is 0 Å². The van der Waals surface area contributed by atoms with Crippen LogP contribution in [0, 0.1) is 0 Å². The maximum absolute atomic E-state index is 12.1. The van der Waals surface area contributed by atoms with Gasteiger partial charge in [0.1, 0.15) is 0 Å². The molecular formula is C14H15N3O3S. The maximum atomic E-state index is 12.1. The Kier molecular flexibility index (Phi) is 4.25. The fourth-order valence-corrected chi connectivity index (χ4v) is 2.78. The smallest absolute Gasteiger partial charge is 0.248 e. The van der Waals surface area contributed by atoms with Crippen LogP contribution in [0.3, 0.4) is 0 Å². The van der Waals surface area contributed by atoms with Gasteiger partial charge in [-0.15, -0.1) is 0 Å². The van der Waals surface area contributed by atoms with Crippen LogP contribution in [0.15, 0.2) is 53.4 Å². The number of nitrogens with two attached hydrogens (primary N) is 2. The van der Waals surface area contributed by atoms with E-state index in [4.69, 9.17) is 11.5 Å². The van der Waals surface area contributed by atoms with E-state index >= 15 is 0 Å². The number of nitrogen functional groups attached to an aromatic ring is 1. The van der Waals surface area contributed by atoms with E-state index in [2.05, 4.69) is 4.72 Å². The maximum Gasteiger partial charge on any atom is 0.248 e. The quantitative estimate of drug-likeness (QED) is 0.710. The molecule has 0 saturated heterocycles. The molecule has 0 radical (unpaired) electrons. The van der Waals surface area contributed by atoms with Gasteiger partial charge in [-0.3, -0.25) is 4.79 Å². The first-order valence-corrected chi connectivity index (χ1v) is 7.61. The lowest BCUT2D eigenvalue weighted by molar-refractivity contribution is 0.1000. The molecule has 0 heterocycles. The van der Waals surface area contributed by atoms with Crippen molar-refractivity contribution in [3.63, 3.8) is 0 Å². The van der Waals surface area contributed by atoms with Gasteiger partial charge in [0, 0.05) is 17.8 Å². The Morgan fingerprint density at radius 2 is 1.76 bits per heavy atom. The highest BCUT2D eigenvalue weighted by Crippen LogP contribution is 2.12. The molecule has 21 heavy (non-hydrogen) atoms. The minimum absolute atomic E-state index is 0.0661. The van der Waals surface area contributed by atoms with Crippen molar-refractivity contribution in [2.45, 2.75) is 11.4 Å². The zero-order valence-corrected chi connectivity index (χ0v) is 11.9. The van der Waals surface area contributed by atoms with Gasteiger partial charge in [0.2, 0.25) is 15.9 Å². The molecule has 0 aromatic heterocycles. The van der Waals surface area contributed by atoms with Crippen molar-refractivity contribution in [2.24, 2.45) is 5.73 Å². The van der Waals surface area contributed by atoms with Crippen molar-refractivity contribution in [3.05, 3.63) is 59.7 Å². The molecule has 110 valence electrons. The SMILES string of the molecule is NC(=O)c1ccc(S(=O)(=O)NCc2cccc(N)c2)cc1. The Bertz CT molecular complexity index is 755. The molecule has 2 aromatic carbocycles. The summed E-state index contributed by atoms with van der Waals surface area (Å²) >= 11 is 0. The van der Waals surface area contributed by atoms with Crippen molar-refractivity contribution in [2.75, 3.05) is 5.73 Å². The van der Waals surface area contributed by atoms with Gasteiger partial charge in [0.05, 0.1) is 4.90 Å². The molecular weight excluding hydrogens is 290 g/mol. The van der Waals surface area contributed by atoms with E-state index < -0.39 is 15.9 Å². The third-order valence-electron chi connectivity index (χ3n) is 2.87. The lowest BCUT2D eigenvalue weighted by Gasteiger charge is -2.07. The Morgan fingerprint density at radius 1 is 1.10 bits per heavy atom. The van der Waals surface area contributed by atoms with Crippen LogP contribution in [0.4, 0.5) is 5.69 Å². The number of carbonyl (C=O) groups excluding carboxylic acids is 1. The van der Waals surface area contributed by atoms with Crippen LogP contribution >= 0.6 is 0 Å². The third-order valence-corrected chi connectivity index (χ3v) is 4.28. The summed E-state index contributed by atoms with van der Waals surface area (Å²) in [6.07, 6.45) is 0. The second-order valence-corrected chi connectivity index (χ2v) is 6.23. The zero-order chi connectivity index (χ0) is 15.5. The van der Waals surface area contributed by atoms with E-state index in [1.165, 1.54) is 24.3 Å². The predicted octanol–water partition coefficient (Wildman–Crippen LogP) is 0.846. The van der Waals surface area contributed by atoms with E-state index in [0.29, 0.717) is 5.69 Å². The average molecular weight is 305 g/mol. The van der Waals surface area contributed by atoms with Crippen molar-refractivity contribution in [3.8, 4) is 0 Å². The van der Waals surface area contributed by atoms with Crippen LogP contribution in [-0.4, -0.2) is 14.3 Å². The average Bonchev–Trinajstić information content (AvgIpc) is 2.45. The molecule has 0 atom stereocenters. The molecule has 0 aliphatic carbocycles. The molecule has 0 aliphatic heterocycles. The van der Waals surface area contributed by atoms with Gasteiger partial charge in [-0.05, 0) is 42.0 Å². The number of hydrogen-bond donors (Lipinski definition) is 3. The standard InChI is InChI=1S/C14H15N3O3S/c15-12-3-1-2-10(8-12)9-17-21(19,20)13-6-4-11(5-7-13)14(16)18/h1-8,17H,9,15H2,(H2,16,18). The molecule has 0 unspecified atom stereocenters. The lowest BCUT2D eigenvalue weighted by atomic mass is 10.2. The summed E-state index contributed by atoms with van der Waals surface area (Å²) in [7, 11) is -3.66. The van der Waals surface area contributed by atoms with Crippen LogP contribution in [0.25, 0.3) is 0 Å². The number of carbonyl (C=O) groups is 1. The Balaban J connectivity index is 2.13. The number of hydrogen-bond acceptors (Lipinski definition) is 4. The number of amides is 1. The summed E-state index contributed by atoms with van der Waals surface area (Å²) in [5.74, 6) is -0.605. The fourth-order valence-electron chi connectivity index (χ4n) is 1.76. The van der Waals surface area contributed by atoms with Crippen LogP contribution in [-0.2, 0) is 16.6 Å². The van der Waals surface area contributed by atoms with E-state index in [9.17, 15) is 13.2 Å². The first kappa shape index (κ1) is 15.0. The van der Waals surface area contributed by atoms with Crippen molar-refractivity contribution >= 4 is 21.6 Å². The van der Waals surface area contributed by atoms with Gasteiger partial charge in [-0.25, -0.2) is 13.1 Å². The lowest BCUT2D eigenvalue weighted by Crippen LogP contribution is -2.23. The van der Waals surface area contributed by atoms with Crippen LogP contribution in [0.5, 0.6) is 0 Å². The molecule has 5 N–H and O–H groups in total. The van der Waals surface area contributed by atoms with E-state index in [1.54, 1.807) is 24.3 Å². The normalized spacial score (nSPS) is 11.2. The van der Waals surface area contributed by atoms with Crippen molar-refractivity contribution in [1.82, 2.24) is 4.72 Å². The predicted molar refractivity (Wildman–Crippen MR) is 79.8 cm³/mol. The first-order chi connectivity index (χ1) is 9.88. The molecule has 2 rings (SSSR count). The largest absolute Gasteiger partial charge is 0.399 e. The van der Waals surface area contributed by atoms with Gasteiger partial charge in [0.25, 0.3) is 0 Å². The highest BCUT2D eigenvalue weighted by atomic mass is 32.2. The Hall–Kier alpha value is -2.38. The number of anilines is 1. The van der Waals surface area contributed by atoms with Gasteiger partial charge < -0.3 is 11.5 Å². The molecule has 0 spiro atoms. The molecule has 1 amide bonds. The first-order valence-electron chi connectivity index (χ1n) is 6.12. The number of nitrogens with one attached hydrogen (secondary N) is 1. The molecule has 7 heteroatoms. The Morgan fingerprint density at radius 3 is 2.33 bits per heavy atom. The van der Waals surface area contributed by atoms with Gasteiger partial charge >= 0.3 is 0 Å². The monoisotopic (exact) mass is 305 g/mol. The summed E-state index contributed by atoms with van der Waals surface area (Å²) in [6.45, 7) is 0.130. The fraction of sp³-hybridized carbons (Fsp3) is 0.0714. The molecule has 6 nitrogen and oxygen atoms in total. The molecule has 0 saturated carbocycles. The van der Waals surface area contributed by atoms with Gasteiger partial charge in [-0.1, -0.05) is 12.1 Å². The van der Waals surface area contributed by atoms with E-state index in [0.717, 1.165) is 5.56 Å². The van der Waals surface area contributed by atoms with E-state index in [-0.39, 0.29) is 17.0 Å². The highest BCUT2D eigenvalue weighted by molar-refractivity contribution is 7.89. The summed E-state index contributed by atoms with van der Waals surface area (Å²) in [4.78, 5) is 11.0. The number of rotatable bonds is 5. The van der Waals surface area contributed by atoms with Crippen molar-refractivity contribution in [1.29, 1.82) is 0 Å². The zero-order valence-electron chi connectivity index (χ0n) is 11.1. The molecule has 2 aromatic rings. The Labute approximate surface area is 122 Å². The third kappa shape index (κ3) is 3.80. The topological polar surface area (TPSA) is 115 Å². The van der Waals surface area contributed by atoms with Crippen LogP contribution < -0.4 is 16.2 Å². The number of sulfonamides is 1. The molecule has 0 bridgehead atoms. The highest BCUT2D eigenvalue weighted by Gasteiger charge is 2.14. The minimum atomic E-state index is -3.66. The van der Waals surface area contributed by atoms with E-state index in [1.807, 2.05) is 0 Å². The molecule has 0 aliphatic rings. The summed E-state index contributed by atoms with van der Waals surface area (Å²) in [5, 5.41) is 0. The minimum Gasteiger partial charge on any atom is -0.399 e. The van der Waals surface area contributed by atoms with Crippen LogP contribution in [0.1, 0.15) is 15.9 Å². The summed E-state index contributed by atoms with van der Waals surface area (Å²) < 4.78 is 26.7. The van der Waals surface area contributed by atoms with Gasteiger partial charge in [-0.2, -0.15) is 0 Å². The second kappa shape index (κ2) is 5.94.